The molecule has 0 bridgehead atoms. The lowest BCUT2D eigenvalue weighted by molar-refractivity contribution is 0.632. The summed E-state index contributed by atoms with van der Waals surface area (Å²) in [6, 6.07) is 2.08. The van der Waals surface area contributed by atoms with Gasteiger partial charge in [-0.3, -0.25) is 0 Å². The van der Waals surface area contributed by atoms with Crippen molar-refractivity contribution in [3.8, 4) is 5.69 Å². The molecule has 0 radical (unpaired) electrons. The molecule has 6 heteroatoms. The van der Waals surface area contributed by atoms with E-state index in [0.29, 0.717) is 5.82 Å². The van der Waals surface area contributed by atoms with E-state index in [1.165, 1.54) is 0 Å². The number of hydrogen-bond donors (Lipinski definition) is 1. The molecular weight excluding hydrogens is 204 g/mol. The van der Waals surface area contributed by atoms with Crippen molar-refractivity contribution < 1.29 is 0 Å². The van der Waals surface area contributed by atoms with Crippen LogP contribution in [0.15, 0.2) is 18.5 Å². The minimum absolute atomic E-state index is 0.189. The number of nitrogens with zero attached hydrogens (tertiary/aromatic N) is 5. The van der Waals surface area contributed by atoms with Gasteiger partial charge in [-0.05, 0) is 13.0 Å². The molecule has 2 N–H and O–H groups in total. The van der Waals surface area contributed by atoms with Crippen molar-refractivity contribution in [2.45, 2.75) is 13.0 Å². The van der Waals surface area contributed by atoms with Crippen molar-refractivity contribution >= 4 is 11.5 Å². The fraction of sp³-hybridized carbons (Fsp3) is 0.300. The topological polar surface area (TPSA) is 72.9 Å². The highest BCUT2D eigenvalue weighted by molar-refractivity contribution is 5.76. The molecule has 0 aromatic carbocycles. The lowest BCUT2D eigenvalue weighted by atomic mass is 10.1. The Morgan fingerprint density at radius 1 is 1.44 bits per heavy atom. The van der Waals surface area contributed by atoms with E-state index >= 15 is 0 Å². The van der Waals surface area contributed by atoms with Gasteiger partial charge in [-0.25, -0.2) is 9.67 Å². The van der Waals surface area contributed by atoms with E-state index in [4.69, 9.17) is 5.73 Å². The number of rotatable bonds is 0. The number of aromatic nitrogens is 4. The van der Waals surface area contributed by atoms with Crippen LogP contribution in [0.3, 0.4) is 0 Å². The number of anilines is 2. The van der Waals surface area contributed by atoms with Crippen LogP contribution in [0.4, 0.5) is 11.5 Å². The molecule has 1 unspecified atom stereocenters. The number of hydrogen-bond acceptors (Lipinski definition) is 5. The summed E-state index contributed by atoms with van der Waals surface area (Å²) in [5.41, 5.74) is 8.80. The van der Waals surface area contributed by atoms with Crippen molar-refractivity contribution in [3.05, 3.63) is 24.2 Å². The van der Waals surface area contributed by atoms with Gasteiger partial charge in [0.05, 0.1) is 23.6 Å². The summed E-state index contributed by atoms with van der Waals surface area (Å²) >= 11 is 0. The van der Waals surface area contributed by atoms with Crippen LogP contribution in [0.25, 0.3) is 5.69 Å². The van der Waals surface area contributed by atoms with E-state index in [1.807, 2.05) is 17.8 Å². The second-order valence-electron chi connectivity index (χ2n) is 3.92. The second kappa shape index (κ2) is 2.94. The third kappa shape index (κ3) is 0.982. The summed E-state index contributed by atoms with van der Waals surface area (Å²) in [5.74, 6) is 0.521. The maximum Gasteiger partial charge on any atom is 0.149 e. The molecule has 2 aromatic heterocycles. The molecule has 1 aliphatic rings. The van der Waals surface area contributed by atoms with E-state index in [-0.39, 0.29) is 6.04 Å². The summed E-state index contributed by atoms with van der Waals surface area (Å²) in [6.07, 6.45) is 3.46. The molecule has 82 valence electrons. The molecule has 1 aliphatic heterocycles. The zero-order valence-electron chi connectivity index (χ0n) is 9.12. The van der Waals surface area contributed by atoms with E-state index in [2.05, 4.69) is 27.1 Å². The smallest absolute Gasteiger partial charge is 0.149 e. The average molecular weight is 216 g/mol. The average Bonchev–Trinajstić information content (AvgIpc) is 2.74. The molecule has 0 saturated carbocycles. The van der Waals surface area contributed by atoms with Gasteiger partial charge >= 0.3 is 0 Å². The first-order valence-electron chi connectivity index (χ1n) is 5.08. The van der Waals surface area contributed by atoms with Gasteiger partial charge in [0, 0.05) is 13.2 Å². The minimum Gasteiger partial charge on any atom is -0.382 e. The Morgan fingerprint density at radius 2 is 2.25 bits per heavy atom. The van der Waals surface area contributed by atoms with E-state index in [9.17, 15) is 0 Å². The van der Waals surface area contributed by atoms with Crippen LogP contribution < -0.4 is 10.6 Å². The predicted molar refractivity (Wildman–Crippen MR) is 60.4 cm³/mol. The maximum atomic E-state index is 5.91. The Kier molecular flexibility index (Phi) is 1.68. The first kappa shape index (κ1) is 9.14. The number of fused-ring (bicyclic) bond motifs is 3. The van der Waals surface area contributed by atoms with Gasteiger partial charge in [-0.1, -0.05) is 5.21 Å². The van der Waals surface area contributed by atoms with Crippen LogP contribution >= 0.6 is 0 Å². The van der Waals surface area contributed by atoms with Crippen molar-refractivity contribution in [3.63, 3.8) is 0 Å². The number of nitrogen functional groups attached to an aromatic ring is 1. The first-order chi connectivity index (χ1) is 7.70. The molecule has 0 spiro atoms. The Morgan fingerprint density at radius 3 is 3.06 bits per heavy atom. The fourth-order valence-electron chi connectivity index (χ4n) is 2.10. The number of nitrogens with two attached hydrogens (primary N) is 1. The van der Waals surface area contributed by atoms with Gasteiger partial charge < -0.3 is 10.6 Å². The van der Waals surface area contributed by atoms with Crippen LogP contribution in [0.1, 0.15) is 18.7 Å². The summed E-state index contributed by atoms with van der Waals surface area (Å²) in [7, 11) is 2.00. The molecule has 3 rings (SSSR count). The standard InChI is InChI=1S/C10H12N6/c1-6-8-5-13-14-16(8)7-3-4-12-10(11)9(7)15(6)2/h3-6H,1-2H3,(H2,11,12). The van der Waals surface area contributed by atoms with Gasteiger partial charge in [0.25, 0.3) is 0 Å². The largest absolute Gasteiger partial charge is 0.382 e. The molecule has 16 heavy (non-hydrogen) atoms. The fourth-order valence-corrected chi connectivity index (χ4v) is 2.10. The summed E-state index contributed by atoms with van der Waals surface area (Å²) in [5, 5.41) is 8.02. The van der Waals surface area contributed by atoms with Gasteiger partial charge in [-0.15, -0.1) is 5.10 Å². The molecule has 2 aromatic rings. The van der Waals surface area contributed by atoms with Crippen molar-refractivity contribution in [1.82, 2.24) is 20.0 Å². The minimum atomic E-state index is 0.189. The summed E-state index contributed by atoms with van der Waals surface area (Å²) in [4.78, 5) is 6.20. The SMILES string of the molecule is CC1c2cnnn2-c2ccnc(N)c2N1C. The molecular formula is C10H12N6. The molecule has 0 fully saturated rings. The maximum absolute atomic E-state index is 5.91. The van der Waals surface area contributed by atoms with Crippen LogP contribution in [0.5, 0.6) is 0 Å². The zero-order chi connectivity index (χ0) is 11.3. The molecule has 0 saturated heterocycles. The number of pyridine rings is 1. The molecule has 6 nitrogen and oxygen atoms in total. The monoisotopic (exact) mass is 216 g/mol. The summed E-state index contributed by atoms with van der Waals surface area (Å²) < 4.78 is 1.82. The summed E-state index contributed by atoms with van der Waals surface area (Å²) in [6.45, 7) is 2.09. The Labute approximate surface area is 92.7 Å². The highest BCUT2D eigenvalue weighted by atomic mass is 15.5. The van der Waals surface area contributed by atoms with Gasteiger partial charge in [0.2, 0.25) is 0 Å². The van der Waals surface area contributed by atoms with Crippen LogP contribution in [0, 0.1) is 0 Å². The first-order valence-corrected chi connectivity index (χ1v) is 5.08. The van der Waals surface area contributed by atoms with Gasteiger partial charge in [-0.2, -0.15) is 0 Å². The Hall–Kier alpha value is -2.11. The Balaban J connectivity index is 2.35. The second-order valence-corrected chi connectivity index (χ2v) is 3.92. The lowest BCUT2D eigenvalue weighted by Gasteiger charge is -2.33. The quantitative estimate of drug-likeness (QED) is 0.703. The highest BCUT2D eigenvalue weighted by Crippen LogP contribution is 2.38. The molecule has 0 aliphatic carbocycles. The molecule has 1 atom stereocenters. The Bertz CT molecular complexity index is 546. The zero-order valence-corrected chi connectivity index (χ0v) is 9.12. The van der Waals surface area contributed by atoms with E-state index < -0.39 is 0 Å². The normalized spacial score (nSPS) is 18.1. The highest BCUT2D eigenvalue weighted by Gasteiger charge is 2.28. The van der Waals surface area contributed by atoms with Crippen LogP contribution in [0.2, 0.25) is 0 Å². The van der Waals surface area contributed by atoms with Crippen LogP contribution in [-0.4, -0.2) is 27.0 Å². The van der Waals surface area contributed by atoms with Gasteiger partial charge in [0.15, 0.2) is 0 Å². The molecule has 0 amide bonds. The van der Waals surface area contributed by atoms with Crippen LogP contribution in [-0.2, 0) is 0 Å². The van der Waals surface area contributed by atoms with E-state index in [1.54, 1.807) is 12.4 Å². The van der Waals surface area contributed by atoms with Crippen molar-refractivity contribution in [2.75, 3.05) is 17.7 Å². The van der Waals surface area contributed by atoms with Crippen molar-refractivity contribution in [1.29, 1.82) is 0 Å². The van der Waals surface area contributed by atoms with E-state index in [0.717, 1.165) is 17.1 Å². The third-order valence-corrected chi connectivity index (χ3v) is 3.10. The molecule has 3 heterocycles. The lowest BCUT2D eigenvalue weighted by Crippen LogP contribution is -2.30. The van der Waals surface area contributed by atoms with Gasteiger partial charge in [0.1, 0.15) is 11.5 Å². The third-order valence-electron chi connectivity index (χ3n) is 3.10. The predicted octanol–water partition coefficient (Wildman–Crippen LogP) is 0.755. The van der Waals surface area contributed by atoms with Crippen molar-refractivity contribution in [2.24, 2.45) is 0 Å².